The maximum atomic E-state index is 12.1. The maximum absolute atomic E-state index is 12.1. The molecule has 136 valence electrons. The molecule has 6 nitrogen and oxygen atoms in total. The zero-order valence-corrected chi connectivity index (χ0v) is 17.0. The molecule has 0 bridgehead atoms. The molecular weight excluding hydrogens is 378 g/mol. The van der Waals surface area contributed by atoms with Gasteiger partial charge in [0.15, 0.2) is 20.2 Å². The van der Waals surface area contributed by atoms with Crippen molar-refractivity contribution in [1.82, 2.24) is 10.2 Å². The molecule has 25 heavy (non-hydrogen) atoms. The second kappa shape index (κ2) is 9.88. The fraction of sp³-hybridized carbons (Fsp3) is 0.438. The minimum Gasteiger partial charge on any atom is -0.493 e. The molecule has 0 fully saturated rings. The quantitative estimate of drug-likeness (QED) is 0.638. The molecule has 9 heteroatoms. The highest BCUT2D eigenvalue weighted by atomic mass is 32.2. The first kappa shape index (κ1) is 19.9. The number of hydrogen-bond acceptors (Lipinski definition) is 8. The van der Waals surface area contributed by atoms with E-state index in [1.807, 2.05) is 0 Å². The van der Waals surface area contributed by atoms with Crippen LogP contribution < -0.4 is 14.8 Å². The number of nitrogens with zero attached hydrogens (tertiary/aromatic N) is 2. The van der Waals surface area contributed by atoms with Crippen LogP contribution in [0.1, 0.15) is 13.8 Å². The summed E-state index contributed by atoms with van der Waals surface area (Å²) in [5.41, 5.74) is 0.661. The summed E-state index contributed by atoms with van der Waals surface area (Å²) in [6.07, 6.45) is 0. The number of nitrogens with one attached hydrogen (secondary N) is 1. The van der Waals surface area contributed by atoms with Crippen molar-refractivity contribution in [2.45, 2.75) is 22.5 Å². The Balaban J connectivity index is 1.84. The lowest BCUT2D eigenvalue weighted by molar-refractivity contribution is -0.113. The number of methoxy groups -OCH3 is 2. The van der Waals surface area contributed by atoms with E-state index in [4.69, 9.17) is 9.47 Å². The Hall–Kier alpha value is -1.45. The molecule has 2 rings (SSSR count). The van der Waals surface area contributed by atoms with Crippen LogP contribution in [-0.4, -0.2) is 41.8 Å². The number of thioether (sulfide) groups is 2. The van der Waals surface area contributed by atoms with Crippen LogP contribution in [0, 0.1) is 5.92 Å². The van der Waals surface area contributed by atoms with E-state index in [1.54, 1.807) is 44.2 Å². The van der Waals surface area contributed by atoms with Crippen molar-refractivity contribution in [1.29, 1.82) is 0 Å². The number of hydrogen-bond donors (Lipinski definition) is 1. The molecule has 2 aromatic rings. The van der Waals surface area contributed by atoms with Gasteiger partial charge in [-0.2, -0.15) is 0 Å². The predicted octanol–water partition coefficient (Wildman–Crippen LogP) is 4.03. The average molecular weight is 400 g/mol. The molecule has 0 radical (unpaired) electrons. The third kappa shape index (κ3) is 6.41. The Labute approximate surface area is 160 Å². The number of carbonyl (C=O) groups excluding carboxylic acids is 1. The fourth-order valence-electron chi connectivity index (χ4n) is 1.79. The van der Waals surface area contributed by atoms with Crippen LogP contribution in [-0.2, 0) is 4.79 Å². The van der Waals surface area contributed by atoms with Crippen molar-refractivity contribution < 1.29 is 14.3 Å². The van der Waals surface area contributed by atoms with Crippen molar-refractivity contribution in [3.8, 4) is 11.5 Å². The lowest BCUT2D eigenvalue weighted by atomic mass is 10.2. The molecule has 0 aliphatic carbocycles. The highest BCUT2D eigenvalue weighted by Crippen LogP contribution is 2.31. The minimum atomic E-state index is -0.108. The first-order valence-electron chi connectivity index (χ1n) is 7.62. The van der Waals surface area contributed by atoms with E-state index in [-0.39, 0.29) is 11.7 Å². The number of anilines is 1. The largest absolute Gasteiger partial charge is 0.493 e. The third-order valence-electron chi connectivity index (χ3n) is 2.92. The van der Waals surface area contributed by atoms with Crippen LogP contribution in [0.3, 0.4) is 0 Å². The highest BCUT2D eigenvalue weighted by Gasteiger charge is 2.11. The zero-order chi connectivity index (χ0) is 18.2. The predicted molar refractivity (Wildman–Crippen MR) is 104 cm³/mol. The second-order valence-electron chi connectivity index (χ2n) is 5.45. The van der Waals surface area contributed by atoms with Gasteiger partial charge in [0.05, 0.1) is 20.0 Å². The van der Waals surface area contributed by atoms with Crippen LogP contribution in [0.4, 0.5) is 5.69 Å². The third-order valence-corrected chi connectivity index (χ3v) is 6.54. The number of benzene rings is 1. The maximum Gasteiger partial charge on any atom is 0.234 e. The van der Waals surface area contributed by atoms with E-state index in [0.717, 1.165) is 14.4 Å². The summed E-state index contributed by atoms with van der Waals surface area (Å²) in [6, 6.07) is 5.26. The lowest BCUT2D eigenvalue weighted by Gasteiger charge is -2.10. The van der Waals surface area contributed by atoms with E-state index in [2.05, 4.69) is 29.4 Å². The summed E-state index contributed by atoms with van der Waals surface area (Å²) in [5.74, 6) is 2.98. The summed E-state index contributed by atoms with van der Waals surface area (Å²) in [5, 5.41) is 11.1. The topological polar surface area (TPSA) is 73.3 Å². The molecule has 0 saturated heterocycles. The van der Waals surface area contributed by atoms with Gasteiger partial charge in [-0.3, -0.25) is 4.79 Å². The Kier molecular flexibility index (Phi) is 7.86. The molecule has 0 aliphatic heterocycles. The first-order chi connectivity index (χ1) is 12.0. The van der Waals surface area contributed by atoms with Gasteiger partial charge >= 0.3 is 0 Å². The molecule has 0 spiro atoms. The van der Waals surface area contributed by atoms with Crippen molar-refractivity contribution in [3.63, 3.8) is 0 Å². The summed E-state index contributed by atoms with van der Waals surface area (Å²) in [7, 11) is 3.13. The number of aromatic nitrogens is 2. The molecule has 0 saturated carbocycles. The Morgan fingerprint density at radius 3 is 2.48 bits per heavy atom. The van der Waals surface area contributed by atoms with Crippen LogP contribution in [0.2, 0.25) is 0 Å². The van der Waals surface area contributed by atoms with E-state index < -0.39 is 0 Å². The van der Waals surface area contributed by atoms with Crippen molar-refractivity contribution >= 4 is 46.5 Å². The van der Waals surface area contributed by atoms with E-state index >= 15 is 0 Å². The normalized spacial score (nSPS) is 10.8. The monoisotopic (exact) mass is 399 g/mol. The molecular formula is C16H21N3O3S3. The van der Waals surface area contributed by atoms with E-state index in [9.17, 15) is 4.79 Å². The number of amides is 1. The molecule has 0 atom stereocenters. The summed E-state index contributed by atoms with van der Waals surface area (Å²) in [6.45, 7) is 4.34. The van der Waals surface area contributed by atoms with Crippen LogP contribution in [0.15, 0.2) is 26.9 Å². The minimum absolute atomic E-state index is 0.108. The Morgan fingerprint density at radius 1 is 1.16 bits per heavy atom. The fourth-order valence-corrected chi connectivity index (χ4v) is 4.59. The standard InChI is InChI=1S/C16H21N3O3S3/c1-10(2)8-23-15-18-19-16(25-15)24-9-14(20)17-11-5-6-12(21-3)13(7-11)22-4/h5-7,10H,8-9H2,1-4H3,(H,17,20). The van der Waals surface area contributed by atoms with Crippen LogP contribution >= 0.6 is 34.9 Å². The van der Waals surface area contributed by atoms with Gasteiger partial charge in [0.25, 0.3) is 0 Å². The molecule has 0 aliphatic rings. The molecule has 1 heterocycles. The first-order valence-corrected chi connectivity index (χ1v) is 10.4. The van der Waals surface area contributed by atoms with Gasteiger partial charge in [0, 0.05) is 17.5 Å². The van der Waals surface area contributed by atoms with Gasteiger partial charge in [-0.05, 0) is 18.1 Å². The van der Waals surface area contributed by atoms with Crippen molar-refractivity contribution in [2.24, 2.45) is 5.92 Å². The van der Waals surface area contributed by atoms with Gasteiger partial charge in [-0.1, -0.05) is 48.7 Å². The smallest absolute Gasteiger partial charge is 0.234 e. The summed E-state index contributed by atoms with van der Waals surface area (Å²) >= 11 is 4.60. The van der Waals surface area contributed by atoms with Crippen LogP contribution in [0.5, 0.6) is 11.5 Å². The van der Waals surface area contributed by atoms with Crippen molar-refractivity contribution in [2.75, 3.05) is 31.0 Å². The van der Waals surface area contributed by atoms with E-state index in [0.29, 0.717) is 23.1 Å². The SMILES string of the molecule is COc1ccc(NC(=O)CSc2nnc(SCC(C)C)s2)cc1OC. The van der Waals surface area contributed by atoms with Gasteiger partial charge < -0.3 is 14.8 Å². The molecule has 0 unspecified atom stereocenters. The highest BCUT2D eigenvalue weighted by molar-refractivity contribution is 8.03. The number of carbonyl (C=O) groups is 1. The molecule has 1 aromatic carbocycles. The van der Waals surface area contributed by atoms with E-state index in [1.165, 1.54) is 23.1 Å². The van der Waals surface area contributed by atoms with Gasteiger partial charge in [0.1, 0.15) is 0 Å². The van der Waals surface area contributed by atoms with Crippen molar-refractivity contribution in [3.05, 3.63) is 18.2 Å². The average Bonchev–Trinajstić information content (AvgIpc) is 3.06. The summed E-state index contributed by atoms with van der Waals surface area (Å²) < 4.78 is 12.2. The zero-order valence-electron chi connectivity index (χ0n) is 14.6. The Morgan fingerprint density at radius 2 is 1.84 bits per heavy atom. The van der Waals surface area contributed by atoms with Gasteiger partial charge in [-0.15, -0.1) is 10.2 Å². The Bertz CT molecular complexity index is 707. The van der Waals surface area contributed by atoms with Crippen LogP contribution in [0.25, 0.3) is 0 Å². The molecule has 1 aromatic heterocycles. The molecule has 1 N–H and O–H groups in total. The number of rotatable bonds is 9. The van der Waals surface area contributed by atoms with Gasteiger partial charge in [-0.25, -0.2) is 0 Å². The summed E-state index contributed by atoms with van der Waals surface area (Å²) in [4.78, 5) is 12.1. The second-order valence-corrected chi connectivity index (χ2v) is 8.91. The number of ether oxygens (including phenoxy) is 2. The lowest BCUT2D eigenvalue weighted by Crippen LogP contribution is -2.14. The van der Waals surface area contributed by atoms with Gasteiger partial charge in [0.2, 0.25) is 5.91 Å². The molecule has 1 amide bonds.